The zero-order valence-corrected chi connectivity index (χ0v) is 15.2. The molecule has 1 aliphatic rings. The Balaban J connectivity index is 1.51. The lowest BCUT2D eigenvalue weighted by Gasteiger charge is -2.32. The first kappa shape index (κ1) is 17.6. The fourth-order valence-corrected chi connectivity index (χ4v) is 3.21. The van der Waals surface area contributed by atoms with Crippen LogP contribution < -0.4 is 15.5 Å². The molecule has 0 bridgehead atoms. The Morgan fingerprint density at radius 3 is 2.48 bits per heavy atom. The summed E-state index contributed by atoms with van der Waals surface area (Å²) < 4.78 is 0. The third-order valence-electron chi connectivity index (χ3n) is 4.61. The molecule has 4 nitrogen and oxygen atoms in total. The second-order valence-corrected chi connectivity index (χ2v) is 7.01. The van der Waals surface area contributed by atoms with E-state index in [9.17, 15) is 4.79 Å². The van der Waals surface area contributed by atoms with Crippen LogP contribution in [0.1, 0.15) is 19.8 Å². The van der Waals surface area contributed by atoms with Gasteiger partial charge >= 0.3 is 0 Å². The first-order chi connectivity index (χ1) is 12.1. The molecule has 0 aromatic heterocycles. The van der Waals surface area contributed by atoms with Crippen molar-refractivity contribution < 1.29 is 4.79 Å². The smallest absolute Gasteiger partial charge is 0.243 e. The van der Waals surface area contributed by atoms with Gasteiger partial charge in [-0.1, -0.05) is 30.7 Å². The second-order valence-electron chi connectivity index (χ2n) is 6.60. The lowest BCUT2D eigenvalue weighted by Crippen LogP contribution is -2.32. The van der Waals surface area contributed by atoms with Gasteiger partial charge in [0.2, 0.25) is 5.91 Å². The van der Waals surface area contributed by atoms with Crippen LogP contribution in [0, 0.1) is 5.92 Å². The SMILES string of the molecule is CC1CCN(c2ccc(NC(=O)CNc3ccccc3Cl)cc2)CC1. The van der Waals surface area contributed by atoms with Crippen LogP contribution in [0.4, 0.5) is 17.1 Å². The molecular formula is C20H24ClN3O. The zero-order valence-electron chi connectivity index (χ0n) is 14.5. The van der Waals surface area contributed by atoms with E-state index in [0.717, 1.165) is 30.4 Å². The van der Waals surface area contributed by atoms with E-state index >= 15 is 0 Å². The van der Waals surface area contributed by atoms with Crippen molar-refractivity contribution in [2.24, 2.45) is 5.92 Å². The molecule has 0 atom stereocenters. The molecule has 0 aliphatic carbocycles. The molecule has 1 amide bonds. The summed E-state index contributed by atoms with van der Waals surface area (Å²) in [7, 11) is 0. The number of rotatable bonds is 5. The Bertz CT molecular complexity index is 709. The number of hydrogen-bond acceptors (Lipinski definition) is 3. The summed E-state index contributed by atoms with van der Waals surface area (Å²) in [5.41, 5.74) is 2.79. The van der Waals surface area contributed by atoms with Crippen molar-refractivity contribution in [1.82, 2.24) is 0 Å². The van der Waals surface area contributed by atoms with Gasteiger partial charge in [-0.3, -0.25) is 4.79 Å². The van der Waals surface area contributed by atoms with Crippen LogP contribution in [0.15, 0.2) is 48.5 Å². The van der Waals surface area contributed by atoms with Crippen molar-refractivity contribution in [3.63, 3.8) is 0 Å². The topological polar surface area (TPSA) is 44.4 Å². The highest BCUT2D eigenvalue weighted by Gasteiger charge is 2.15. The molecule has 0 unspecified atom stereocenters. The lowest BCUT2D eigenvalue weighted by molar-refractivity contribution is -0.114. The lowest BCUT2D eigenvalue weighted by atomic mass is 9.99. The molecule has 1 heterocycles. The average Bonchev–Trinajstić information content (AvgIpc) is 2.62. The predicted molar refractivity (Wildman–Crippen MR) is 106 cm³/mol. The molecule has 2 N–H and O–H groups in total. The molecule has 5 heteroatoms. The highest BCUT2D eigenvalue weighted by Crippen LogP contribution is 2.24. The summed E-state index contributed by atoms with van der Waals surface area (Å²) in [6.07, 6.45) is 2.48. The zero-order chi connectivity index (χ0) is 17.6. The van der Waals surface area contributed by atoms with Gasteiger partial charge in [-0.2, -0.15) is 0 Å². The molecular weight excluding hydrogens is 334 g/mol. The van der Waals surface area contributed by atoms with Gasteiger partial charge in [0.15, 0.2) is 0 Å². The molecule has 1 aliphatic heterocycles. The third kappa shape index (κ3) is 4.89. The maximum absolute atomic E-state index is 12.1. The number of para-hydroxylation sites is 1. The minimum Gasteiger partial charge on any atom is -0.375 e. The molecule has 2 aromatic rings. The van der Waals surface area contributed by atoms with E-state index in [2.05, 4.69) is 34.6 Å². The Morgan fingerprint density at radius 1 is 1.12 bits per heavy atom. The number of halogens is 1. The summed E-state index contributed by atoms with van der Waals surface area (Å²) in [5, 5.41) is 6.56. The average molecular weight is 358 g/mol. The fourth-order valence-electron chi connectivity index (χ4n) is 3.01. The highest BCUT2D eigenvalue weighted by atomic mass is 35.5. The molecule has 1 saturated heterocycles. The van der Waals surface area contributed by atoms with E-state index in [1.54, 1.807) is 6.07 Å². The number of amides is 1. The van der Waals surface area contributed by atoms with Gasteiger partial charge < -0.3 is 15.5 Å². The van der Waals surface area contributed by atoms with E-state index < -0.39 is 0 Å². The Hall–Kier alpha value is -2.20. The Labute approximate surface area is 154 Å². The van der Waals surface area contributed by atoms with Crippen LogP contribution in [0.25, 0.3) is 0 Å². The van der Waals surface area contributed by atoms with Crippen LogP contribution in [-0.4, -0.2) is 25.5 Å². The number of nitrogens with one attached hydrogen (secondary N) is 2. The first-order valence-corrected chi connectivity index (χ1v) is 9.13. The van der Waals surface area contributed by atoms with Crippen molar-refractivity contribution in [3.8, 4) is 0 Å². The number of benzene rings is 2. The van der Waals surface area contributed by atoms with Crippen molar-refractivity contribution in [3.05, 3.63) is 53.6 Å². The van der Waals surface area contributed by atoms with E-state index in [1.807, 2.05) is 30.3 Å². The molecule has 0 saturated carbocycles. The minimum atomic E-state index is -0.0977. The quantitative estimate of drug-likeness (QED) is 0.820. The monoisotopic (exact) mass is 357 g/mol. The van der Waals surface area contributed by atoms with Gasteiger partial charge in [0.1, 0.15) is 0 Å². The summed E-state index contributed by atoms with van der Waals surface area (Å²) in [6.45, 7) is 4.70. The minimum absolute atomic E-state index is 0.0977. The normalized spacial score (nSPS) is 15.0. The number of anilines is 3. The fraction of sp³-hybridized carbons (Fsp3) is 0.350. The molecule has 0 radical (unpaired) electrons. The van der Waals surface area contributed by atoms with Crippen molar-refractivity contribution >= 4 is 34.6 Å². The van der Waals surface area contributed by atoms with Crippen molar-refractivity contribution in [2.75, 3.05) is 35.2 Å². The summed E-state index contributed by atoms with van der Waals surface area (Å²) >= 11 is 6.07. The van der Waals surface area contributed by atoms with Crippen LogP contribution in [0.3, 0.4) is 0 Å². The number of carbonyl (C=O) groups is 1. The van der Waals surface area contributed by atoms with Gasteiger partial charge in [0.25, 0.3) is 0 Å². The number of nitrogens with zero attached hydrogens (tertiary/aromatic N) is 1. The largest absolute Gasteiger partial charge is 0.375 e. The standard InChI is InChI=1S/C20H24ClN3O/c1-15-10-12-24(13-11-15)17-8-6-16(7-9-17)23-20(25)14-22-19-5-3-2-4-18(19)21/h2-9,15,22H,10-14H2,1H3,(H,23,25). The van der Waals surface area contributed by atoms with E-state index in [-0.39, 0.29) is 12.5 Å². The van der Waals surface area contributed by atoms with Gasteiger partial charge in [0.05, 0.1) is 17.3 Å². The molecule has 132 valence electrons. The number of hydrogen-bond donors (Lipinski definition) is 2. The summed E-state index contributed by atoms with van der Waals surface area (Å²) in [6, 6.07) is 15.5. The van der Waals surface area contributed by atoms with Crippen LogP contribution in [0.2, 0.25) is 5.02 Å². The molecule has 2 aromatic carbocycles. The summed E-state index contributed by atoms with van der Waals surface area (Å²) in [5.74, 6) is 0.722. The van der Waals surface area contributed by atoms with Gasteiger partial charge in [-0.15, -0.1) is 0 Å². The van der Waals surface area contributed by atoms with E-state index in [4.69, 9.17) is 11.6 Å². The van der Waals surface area contributed by atoms with Crippen molar-refractivity contribution in [2.45, 2.75) is 19.8 Å². The van der Waals surface area contributed by atoms with Crippen LogP contribution in [-0.2, 0) is 4.79 Å². The molecule has 3 rings (SSSR count). The maximum atomic E-state index is 12.1. The Morgan fingerprint density at radius 2 is 1.80 bits per heavy atom. The van der Waals surface area contributed by atoms with Gasteiger partial charge in [0, 0.05) is 24.5 Å². The van der Waals surface area contributed by atoms with Crippen LogP contribution >= 0.6 is 11.6 Å². The highest BCUT2D eigenvalue weighted by molar-refractivity contribution is 6.33. The number of piperidine rings is 1. The van der Waals surface area contributed by atoms with Crippen LogP contribution in [0.5, 0.6) is 0 Å². The maximum Gasteiger partial charge on any atom is 0.243 e. The second kappa shape index (κ2) is 8.26. The van der Waals surface area contributed by atoms with E-state index in [1.165, 1.54) is 18.5 Å². The number of carbonyl (C=O) groups excluding carboxylic acids is 1. The van der Waals surface area contributed by atoms with Gasteiger partial charge in [-0.05, 0) is 55.2 Å². The third-order valence-corrected chi connectivity index (χ3v) is 4.94. The molecule has 25 heavy (non-hydrogen) atoms. The Kier molecular flexibility index (Phi) is 5.82. The molecule has 0 spiro atoms. The van der Waals surface area contributed by atoms with E-state index in [0.29, 0.717) is 5.02 Å². The predicted octanol–water partition coefficient (Wildman–Crippen LogP) is 4.63. The van der Waals surface area contributed by atoms with Gasteiger partial charge in [-0.25, -0.2) is 0 Å². The summed E-state index contributed by atoms with van der Waals surface area (Å²) in [4.78, 5) is 14.5. The van der Waals surface area contributed by atoms with Crippen molar-refractivity contribution in [1.29, 1.82) is 0 Å². The first-order valence-electron chi connectivity index (χ1n) is 8.75. The molecule has 1 fully saturated rings.